The largest absolute Gasteiger partial charge is 0.466 e. The maximum absolute atomic E-state index is 10.8. The quantitative estimate of drug-likeness (QED) is 0.312. The number of rotatable bonds is 10. The zero-order valence-corrected chi connectivity index (χ0v) is 9.96. The molecule has 0 radical (unpaired) electrons. The molecule has 0 fully saturated rings. The smallest absolute Gasteiger partial charge is 0.305 e. The van der Waals surface area contributed by atoms with Crippen LogP contribution in [0.2, 0.25) is 0 Å². The molecule has 0 N–H and O–H groups in total. The van der Waals surface area contributed by atoms with Crippen molar-refractivity contribution in [3.63, 3.8) is 0 Å². The van der Waals surface area contributed by atoms with Crippen molar-refractivity contribution in [3.05, 3.63) is 12.7 Å². The predicted molar refractivity (Wildman–Crippen MR) is 63.8 cm³/mol. The van der Waals surface area contributed by atoms with Gasteiger partial charge in [-0.2, -0.15) is 0 Å². The highest BCUT2D eigenvalue weighted by Crippen LogP contribution is 2.07. The third-order valence-electron chi connectivity index (χ3n) is 2.35. The van der Waals surface area contributed by atoms with Gasteiger partial charge in [0.15, 0.2) is 0 Å². The van der Waals surface area contributed by atoms with E-state index in [1.807, 2.05) is 13.0 Å². The summed E-state index contributed by atoms with van der Waals surface area (Å²) in [6, 6.07) is 0. The second-order valence-electron chi connectivity index (χ2n) is 3.77. The molecule has 0 unspecified atom stereocenters. The van der Waals surface area contributed by atoms with Crippen molar-refractivity contribution in [2.24, 2.45) is 0 Å². The minimum atomic E-state index is -0.0824. The van der Waals surface area contributed by atoms with Crippen LogP contribution in [0, 0.1) is 0 Å². The Balaban J connectivity index is 2.98. The van der Waals surface area contributed by atoms with Crippen LogP contribution in [-0.4, -0.2) is 12.6 Å². The average molecular weight is 212 g/mol. The Labute approximate surface area is 93.7 Å². The molecule has 88 valence electrons. The SMILES string of the molecule is C=CCCCCCCCCOC(=O)CC. The molecule has 0 amide bonds. The third-order valence-corrected chi connectivity index (χ3v) is 2.35. The van der Waals surface area contributed by atoms with Gasteiger partial charge in [0.05, 0.1) is 6.61 Å². The molecule has 0 heterocycles. The molecule has 2 heteroatoms. The van der Waals surface area contributed by atoms with Crippen molar-refractivity contribution in [1.82, 2.24) is 0 Å². The Morgan fingerprint density at radius 3 is 2.33 bits per heavy atom. The normalized spacial score (nSPS) is 9.93. The molecule has 0 aliphatic heterocycles. The van der Waals surface area contributed by atoms with Gasteiger partial charge in [-0.15, -0.1) is 6.58 Å². The van der Waals surface area contributed by atoms with Gasteiger partial charge >= 0.3 is 5.97 Å². The molecular formula is C13H24O2. The van der Waals surface area contributed by atoms with E-state index in [9.17, 15) is 4.79 Å². The molecule has 0 saturated heterocycles. The molecule has 0 aromatic carbocycles. The van der Waals surface area contributed by atoms with Gasteiger partial charge in [0, 0.05) is 6.42 Å². The summed E-state index contributed by atoms with van der Waals surface area (Å²) in [5.74, 6) is -0.0824. The van der Waals surface area contributed by atoms with Gasteiger partial charge in [0.1, 0.15) is 0 Å². The lowest BCUT2D eigenvalue weighted by Gasteiger charge is -2.03. The predicted octanol–water partition coefficient (Wildman–Crippen LogP) is 3.86. The summed E-state index contributed by atoms with van der Waals surface area (Å²) in [6.07, 6.45) is 10.9. The van der Waals surface area contributed by atoms with Crippen LogP contribution in [0.25, 0.3) is 0 Å². The standard InChI is InChI=1S/C13H24O2/c1-3-5-6-7-8-9-10-11-12-15-13(14)4-2/h3H,1,4-12H2,2H3. The first-order chi connectivity index (χ1) is 7.31. The number of esters is 1. The van der Waals surface area contributed by atoms with Crippen molar-refractivity contribution in [2.75, 3.05) is 6.61 Å². The van der Waals surface area contributed by atoms with Crippen LogP contribution >= 0.6 is 0 Å². The van der Waals surface area contributed by atoms with E-state index in [0.717, 1.165) is 12.8 Å². The zero-order chi connectivity index (χ0) is 11.4. The molecule has 0 aromatic heterocycles. The van der Waals surface area contributed by atoms with E-state index in [-0.39, 0.29) is 5.97 Å². The second-order valence-corrected chi connectivity index (χ2v) is 3.77. The van der Waals surface area contributed by atoms with Gasteiger partial charge in [-0.1, -0.05) is 38.7 Å². The number of allylic oxidation sites excluding steroid dienone is 1. The van der Waals surface area contributed by atoms with Gasteiger partial charge in [0.2, 0.25) is 0 Å². The number of unbranched alkanes of at least 4 members (excludes halogenated alkanes) is 6. The van der Waals surface area contributed by atoms with Crippen LogP contribution < -0.4 is 0 Å². The minimum absolute atomic E-state index is 0.0824. The molecule has 0 aliphatic rings. The second kappa shape index (κ2) is 11.3. The van der Waals surface area contributed by atoms with Crippen LogP contribution in [0.4, 0.5) is 0 Å². The molecule has 0 rings (SSSR count). The Hall–Kier alpha value is -0.790. The average Bonchev–Trinajstić information content (AvgIpc) is 2.26. The van der Waals surface area contributed by atoms with Crippen LogP contribution in [-0.2, 0) is 9.53 Å². The van der Waals surface area contributed by atoms with Gasteiger partial charge in [-0.25, -0.2) is 0 Å². The van der Waals surface area contributed by atoms with E-state index >= 15 is 0 Å². The lowest BCUT2D eigenvalue weighted by atomic mass is 10.1. The maximum atomic E-state index is 10.8. The van der Waals surface area contributed by atoms with Crippen LogP contribution in [0.1, 0.15) is 58.3 Å². The lowest BCUT2D eigenvalue weighted by Crippen LogP contribution is -2.03. The van der Waals surface area contributed by atoms with Crippen LogP contribution in [0.5, 0.6) is 0 Å². The molecule has 0 atom stereocenters. The molecule has 0 bridgehead atoms. The van der Waals surface area contributed by atoms with Crippen molar-refractivity contribution in [3.8, 4) is 0 Å². The van der Waals surface area contributed by atoms with E-state index in [2.05, 4.69) is 6.58 Å². The van der Waals surface area contributed by atoms with E-state index in [4.69, 9.17) is 4.74 Å². The third kappa shape index (κ3) is 11.1. The molecule has 15 heavy (non-hydrogen) atoms. The maximum Gasteiger partial charge on any atom is 0.305 e. The molecule has 0 aliphatic carbocycles. The first-order valence-corrected chi connectivity index (χ1v) is 6.07. The van der Waals surface area contributed by atoms with E-state index < -0.39 is 0 Å². The number of ether oxygens (including phenoxy) is 1. The van der Waals surface area contributed by atoms with Crippen molar-refractivity contribution < 1.29 is 9.53 Å². The molecule has 0 saturated carbocycles. The van der Waals surface area contributed by atoms with E-state index in [1.54, 1.807) is 0 Å². The Morgan fingerprint density at radius 1 is 1.13 bits per heavy atom. The van der Waals surface area contributed by atoms with Gasteiger partial charge in [-0.3, -0.25) is 4.79 Å². The summed E-state index contributed by atoms with van der Waals surface area (Å²) < 4.78 is 4.98. The summed E-state index contributed by atoms with van der Waals surface area (Å²) in [4.78, 5) is 10.8. The van der Waals surface area contributed by atoms with Gasteiger partial charge in [-0.05, 0) is 19.3 Å². The topological polar surface area (TPSA) is 26.3 Å². The highest BCUT2D eigenvalue weighted by molar-refractivity contribution is 5.68. The Bertz CT molecular complexity index is 164. The Kier molecular flexibility index (Phi) is 10.7. The van der Waals surface area contributed by atoms with Crippen LogP contribution in [0.15, 0.2) is 12.7 Å². The number of hydrogen-bond donors (Lipinski definition) is 0. The first-order valence-electron chi connectivity index (χ1n) is 6.07. The van der Waals surface area contributed by atoms with Crippen molar-refractivity contribution in [2.45, 2.75) is 58.3 Å². The molecule has 0 spiro atoms. The zero-order valence-electron chi connectivity index (χ0n) is 9.96. The van der Waals surface area contributed by atoms with Crippen molar-refractivity contribution >= 4 is 5.97 Å². The van der Waals surface area contributed by atoms with E-state index in [0.29, 0.717) is 13.0 Å². The fourth-order valence-electron chi connectivity index (χ4n) is 1.39. The van der Waals surface area contributed by atoms with Gasteiger partial charge in [0.25, 0.3) is 0 Å². The summed E-state index contributed by atoms with van der Waals surface area (Å²) in [6.45, 7) is 6.11. The monoisotopic (exact) mass is 212 g/mol. The molecule has 2 nitrogen and oxygen atoms in total. The number of hydrogen-bond acceptors (Lipinski definition) is 2. The van der Waals surface area contributed by atoms with Crippen molar-refractivity contribution in [1.29, 1.82) is 0 Å². The fraction of sp³-hybridized carbons (Fsp3) is 0.769. The molecule has 0 aromatic rings. The fourth-order valence-corrected chi connectivity index (χ4v) is 1.39. The highest BCUT2D eigenvalue weighted by atomic mass is 16.5. The minimum Gasteiger partial charge on any atom is -0.466 e. The Morgan fingerprint density at radius 2 is 1.73 bits per heavy atom. The van der Waals surface area contributed by atoms with Gasteiger partial charge < -0.3 is 4.74 Å². The summed E-state index contributed by atoms with van der Waals surface area (Å²) in [5, 5.41) is 0. The number of carbonyl (C=O) groups excluding carboxylic acids is 1. The first kappa shape index (κ1) is 14.2. The number of carbonyl (C=O) groups is 1. The lowest BCUT2D eigenvalue weighted by molar-refractivity contribution is -0.143. The highest BCUT2D eigenvalue weighted by Gasteiger charge is 1.97. The summed E-state index contributed by atoms with van der Waals surface area (Å²) in [5.41, 5.74) is 0. The summed E-state index contributed by atoms with van der Waals surface area (Å²) >= 11 is 0. The van der Waals surface area contributed by atoms with Crippen LogP contribution in [0.3, 0.4) is 0 Å². The molecular weight excluding hydrogens is 188 g/mol. The summed E-state index contributed by atoms with van der Waals surface area (Å²) in [7, 11) is 0. The van der Waals surface area contributed by atoms with E-state index in [1.165, 1.54) is 32.1 Å².